The summed E-state index contributed by atoms with van der Waals surface area (Å²) in [5.41, 5.74) is 1.96. The van der Waals surface area contributed by atoms with Crippen LogP contribution in [0.25, 0.3) is 11.0 Å². The molecule has 0 aliphatic heterocycles. The van der Waals surface area contributed by atoms with E-state index < -0.39 is 0 Å². The van der Waals surface area contributed by atoms with Gasteiger partial charge in [-0.05, 0) is 50.3 Å². The predicted molar refractivity (Wildman–Crippen MR) is 85.0 cm³/mol. The molecule has 3 aromatic rings. The number of hydrogen-bond acceptors (Lipinski definition) is 2. The number of H-pyrrole nitrogens is 1. The van der Waals surface area contributed by atoms with Gasteiger partial charge >= 0.3 is 0 Å². The minimum Gasteiger partial charge on any atom is -0.331 e. The van der Waals surface area contributed by atoms with Crippen molar-refractivity contribution in [3.63, 3.8) is 0 Å². The van der Waals surface area contributed by atoms with E-state index in [9.17, 15) is 0 Å². The molecule has 0 aliphatic carbocycles. The first-order chi connectivity index (χ1) is 9.08. The highest BCUT2D eigenvalue weighted by molar-refractivity contribution is 7.71. The average molecular weight is 309 g/mol. The lowest BCUT2D eigenvalue weighted by Gasteiger charge is -2.13. The van der Waals surface area contributed by atoms with Gasteiger partial charge in [0.15, 0.2) is 4.77 Å². The third kappa shape index (κ3) is 2.14. The number of rotatable bonds is 2. The summed E-state index contributed by atoms with van der Waals surface area (Å²) in [6.07, 6.45) is 0. The van der Waals surface area contributed by atoms with Gasteiger partial charge in [-0.25, -0.2) is 0 Å². The minimum absolute atomic E-state index is 0.180. The van der Waals surface area contributed by atoms with Gasteiger partial charge < -0.3 is 9.55 Å². The maximum absolute atomic E-state index is 6.33. The summed E-state index contributed by atoms with van der Waals surface area (Å²) in [6.45, 7) is 4.26. The smallest absolute Gasteiger partial charge is 0.178 e. The topological polar surface area (TPSA) is 20.7 Å². The SMILES string of the molecule is Cc1ccc(C(C)n2c(=S)[nH]c3cccc(Cl)c32)s1. The minimum atomic E-state index is 0.180. The van der Waals surface area contributed by atoms with Crippen molar-refractivity contribution >= 4 is 46.2 Å². The Kier molecular flexibility index (Phi) is 3.25. The Bertz CT molecular complexity index is 797. The Morgan fingerprint density at radius 2 is 2.11 bits per heavy atom. The molecule has 3 rings (SSSR count). The first-order valence-corrected chi connectivity index (χ1v) is 7.63. The summed E-state index contributed by atoms with van der Waals surface area (Å²) in [6, 6.07) is 10.3. The summed E-state index contributed by atoms with van der Waals surface area (Å²) in [5, 5.41) is 0.727. The lowest BCUT2D eigenvalue weighted by Crippen LogP contribution is -2.05. The molecule has 0 bridgehead atoms. The predicted octanol–water partition coefficient (Wildman–Crippen LogP) is 5.33. The number of aryl methyl sites for hydroxylation is 1. The van der Waals surface area contributed by atoms with Crippen molar-refractivity contribution in [3.05, 3.63) is 49.9 Å². The third-order valence-corrected chi connectivity index (χ3v) is 5.02. The van der Waals surface area contributed by atoms with Gasteiger partial charge in [0, 0.05) is 9.75 Å². The highest BCUT2D eigenvalue weighted by Crippen LogP contribution is 2.31. The van der Waals surface area contributed by atoms with Gasteiger partial charge in [-0.1, -0.05) is 17.7 Å². The molecule has 1 N–H and O–H groups in total. The van der Waals surface area contributed by atoms with Crippen LogP contribution in [0.4, 0.5) is 0 Å². The second kappa shape index (κ2) is 4.78. The number of benzene rings is 1. The number of aromatic nitrogens is 2. The van der Waals surface area contributed by atoms with Crippen LogP contribution in [0.5, 0.6) is 0 Å². The number of hydrogen-bond donors (Lipinski definition) is 1. The summed E-state index contributed by atoms with van der Waals surface area (Å²) in [7, 11) is 0. The van der Waals surface area contributed by atoms with Crippen molar-refractivity contribution in [2.75, 3.05) is 0 Å². The van der Waals surface area contributed by atoms with Crippen molar-refractivity contribution in [3.8, 4) is 0 Å². The zero-order valence-corrected chi connectivity index (χ0v) is 13.0. The van der Waals surface area contributed by atoms with E-state index >= 15 is 0 Å². The van der Waals surface area contributed by atoms with E-state index in [0.29, 0.717) is 4.77 Å². The van der Waals surface area contributed by atoms with Gasteiger partial charge in [-0.3, -0.25) is 0 Å². The molecule has 0 saturated carbocycles. The molecule has 0 amide bonds. The zero-order valence-electron chi connectivity index (χ0n) is 10.6. The number of nitrogens with zero attached hydrogens (tertiary/aromatic N) is 1. The summed E-state index contributed by atoms with van der Waals surface area (Å²) in [5.74, 6) is 0. The molecular formula is C14H13ClN2S2. The number of imidazole rings is 1. The molecule has 5 heteroatoms. The van der Waals surface area contributed by atoms with Crippen molar-refractivity contribution < 1.29 is 0 Å². The molecule has 2 heterocycles. The fraction of sp³-hybridized carbons (Fsp3) is 0.214. The monoisotopic (exact) mass is 308 g/mol. The van der Waals surface area contributed by atoms with Crippen LogP contribution in [-0.4, -0.2) is 9.55 Å². The molecule has 1 aromatic carbocycles. The molecular weight excluding hydrogens is 296 g/mol. The van der Waals surface area contributed by atoms with Crippen molar-refractivity contribution in [2.45, 2.75) is 19.9 Å². The molecule has 0 aliphatic rings. The number of aromatic amines is 1. The van der Waals surface area contributed by atoms with Crippen LogP contribution in [0.3, 0.4) is 0 Å². The maximum Gasteiger partial charge on any atom is 0.178 e. The van der Waals surface area contributed by atoms with Crippen molar-refractivity contribution in [2.24, 2.45) is 0 Å². The number of thiophene rings is 1. The first-order valence-electron chi connectivity index (χ1n) is 6.03. The first kappa shape index (κ1) is 12.9. The fourth-order valence-electron chi connectivity index (χ4n) is 2.31. The Balaban J connectivity index is 2.25. The van der Waals surface area contributed by atoms with E-state index in [0.717, 1.165) is 16.1 Å². The molecule has 2 aromatic heterocycles. The van der Waals surface area contributed by atoms with Gasteiger partial charge in [0.05, 0.1) is 22.1 Å². The highest BCUT2D eigenvalue weighted by atomic mass is 35.5. The maximum atomic E-state index is 6.33. The van der Waals surface area contributed by atoms with Gasteiger partial charge in [-0.2, -0.15) is 0 Å². The van der Waals surface area contributed by atoms with Crippen molar-refractivity contribution in [1.82, 2.24) is 9.55 Å². The van der Waals surface area contributed by atoms with Crippen LogP contribution >= 0.6 is 35.2 Å². The standard InChI is InChI=1S/C14H13ClN2S2/c1-8-6-7-12(19-8)9(2)17-13-10(15)4-3-5-11(13)16-14(17)18/h3-7,9H,1-2H3,(H,16,18). The lowest BCUT2D eigenvalue weighted by atomic mass is 10.2. The van der Waals surface area contributed by atoms with Crippen LogP contribution in [0.15, 0.2) is 30.3 Å². The van der Waals surface area contributed by atoms with Crippen molar-refractivity contribution in [1.29, 1.82) is 0 Å². The summed E-state index contributed by atoms with van der Waals surface area (Å²) >= 11 is 13.6. The van der Waals surface area contributed by atoms with E-state index in [1.165, 1.54) is 9.75 Å². The molecule has 1 atom stereocenters. The Hall–Kier alpha value is -1.10. The quantitative estimate of drug-likeness (QED) is 0.634. The second-order valence-corrected chi connectivity index (χ2v) is 6.67. The molecule has 0 radical (unpaired) electrons. The molecule has 98 valence electrons. The fourth-order valence-corrected chi connectivity index (χ4v) is 3.86. The molecule has 2 nitrogen and oxygen atoms in total. The molecule has 1 unspecified atom stereocenters. The normalized spacial score (nSPS) is 13.0. The van der Waals surface area contributed by atoms with Crippen LogP contribution in [-0.2, 0) is 0 Å². The molecule has 0 saturated heterocycles. The van der Waals surface area contributed by atoms with Gasteiger partial charge in [0.1, 0.15) is 0 Å². The van der Waals surface area contributed by atoms with E-state index in [2.05, 4.69) is 35.5 Å². The van der Waals surface area contributed by atoms with E-state index in [4.69, 9.17) is 23.8 Å². The average Bonchev–Trinajstić information content (AvgIpc) is 2.92. The van der Waals surface area contributed by atoms with E-state index in [-0.39, 0.29) is 6.04 Å². The van der Waals surface area contributed by atoms with Gasteiger partial charge in [0.2, 0.25) is 0 Å². The van der Waals surface area contributed by atoms with Crippen LogP contribution in [0.1, 0.15) is 22.7 Å². The number of fused-ring (bicyclic) bond motifs is 1. The van der Waals surface area contributed by atoms with Crippen LogP contribution in [0.2, 0.25) is 5.02 Å². The Labute approximate surface area is 125 Å². The zero-order chi connectivity index (χ0) is 13.6. The molecule has 0 fully saturated rings. The largest absolute Gasteiger partial charge is 0.331 e. The Morgan fingerprint density at radius 3 is 2.79 bits per heavy atom. The van der Waals surface area contributed by atoms with Gasteiger partial charge in [-0.15, -0.1) is 11.3 Å². The number of halogens is 1. The second-order valence-electron chi connectivity index (χ2n) is 4.56. The lowest BCUT2D eigenvalue weighted by molar-refractivity contribution is 0.661. The van der Waals surface area contributed by atoms with E-state index in [1.54, 1.807) is 11.3 Å². The molecule has 0 spiro atoms. The van der Waals surface area contributed by atoms with E-state index in [1.807, 2.05) is 18.2 Å². The summed E-state index contributed by atoms with van der Waals surface area (Å²) in [4.78, 5) is 5.81. The number of para-hydroxylation sites is 1. The highest BCUT2D eigenvalue weighted by Gasteiger charge is 2.16. The van der Waals surface area contributed by atoms with Gasteiger partial charge in [0.25, 0.3) is 0 Å². The molecule has 19 heavy (non-hydrogen) atoms. The Morgan fingerprint density at radius 1 is 1.32 bits per heavy atom. The summed E-state index contributed by atoms with van der Waals surface area (Å²) < 4.78 is 2.81. The van der Waals surface area contributed by atoms with Crippen LogP contribution in [0, 0.1) is 11.7 Å². The number of nitrogens with one attached hydrogen (secondary N) is 1. The van der Waals surface area contributed by atoms with Crippen LogP contribution < -0.4 is 0 Å². The third-order valence-electron chi connectivity index (χ3n) is 3.25.